The van der Waals surface area contributed by atoms with E-state index in [2.05, 4.69) is 30.0 Å². The van der Waals surface area contributed by atoms with Gasteiger partial charge in [-0.05, 0) is 32.5 Å². The van der Waals surface area contributed by atoms with E-state index >= 15 is 0 Å². The van der Waals surface area contributed by atoms with Crippen LogP contribution in [0.25, 0.3) is 0 Å². The molecule has 0 aromatic rings. The van der Waals surface area contributed by atoms with Gasteiger partial charge in [0.15, 0.2) is 0 Å². The minimum absolute atomic E-state index is 0.671. The summed E-state index contributed by atoms with van der Waals surface area (Å²) < 4.78 is 0. The minimum Gasteiger partial charge on any atom is -0.319 e. The normalized spacial score (nSPS) is 12.8. The van der Waals surface area contributed by atoms with Crippen LogP contribution in [-0.4, -0.2) is 38.1 Å². The van der Waals surface area contributed by atoms with E-state index in [0.717, 1.165) is 26.2 Å². The summed E-state index contributed by atoms with van der Waals surface area (Å²) in [5.41, 5.74) is 0. The lowest BCUT2D eigenvalue weighted by atomic mass is 10.1. The third kappa shape index (κ3) is 6.62. The molecule has 0 bridgehead atoms. The van der Waals surface area contributed by atoms with E-state index in [1.54, 1.807) is 0 Å². The average molecular weight is 182 g/mol. The summed E-state index contributed by atoms with van der Waals surface area (Å²) in [7, 11) is 1.99. The molecule has 2 heteroatoms. The quantitative estimate of drug-likeness (QED) is 0.595. The van der Waals surface area contributed by atoms with Crippen LogP contribution in [0.4, 0.5) is 0 Å². The van der Waals surface area contributed by atoms with Crippen molar-refractivity contribution in [2.45, 2.75) is 20.3 Å². The van der Waals surface area contributed by atoms with Crippen LogP contribution in [-0.2, 0) is 0 Å². The number of hydrogen-bond donors (Lipinski definition) is 1. The van der Waals surface area contributed by atoms with Crippen molar-refractivity contribution >= 4 is 0 Å². The number of hydrogen-bond acceptors (Lipinski definition) is 2. The zero-order chi connectivity index (χ0) is 10.1. The fourth-order valence-corrected chi connectivity index (χ4v) is 1.53. The van der Waals surface area contributed by atoms with Crippen LogP contribution < -0.4 is 5.32 Å². The van der Waals surface area contributed by atoms with Gasteiger partial charge in [0.1, 0.15) is 0 Å². The summed E-state index contributed by atoms with van der Waals surface area (Å²) in [4.78, 5) is 2.34. The van der Waals surface area contributed by atoms with Crippen LogP contribution >= 0.6 is 0 Å². The van der Waals surface area contributed by atoms with Gasteiger partial charge in [0.05, 0.1) is 6.54 Å². The molecule has 0 aliphatic heterocycles. The molecule has 0 saturated carbocycles. The molecule has 0 aliphatic carbocycles. The second kappa shape index (κ2) is 8.10. The zero-order valence-corrected chi connectivity index (χ0v) is 9.14. The summed E-state index contributed by atoms with van der Waals surface area (Å²) in [6.07, 6.45) is 6.48. The summed E-state index contributed by atoms with van der Waals surface area (Å²) in [6.45, 7) is 8.48. The molecule has 1 unspecified atom stereocenters. The first-order chi connectivity index (χ1) is 6.24. The first-order valence-corrected chi connectivity index (χ1v) is 5.05. The molecule has 2 nitrogen and oxygen atoms in total. The monoisotopic (exact) mass is 182 g/mol. The predicted octanol–water partition coefficient (Wildman–Crippen LogP) is 1.19. The number of nitrogens with zero attached hydrogens (tertiary/aromatic N) is 1. The van der Waals surface area contributed by atoms with E-state index in [-0.39, 0.29) is 0 Å². The second-order valence-corrected chi connectivity index (χ2v) is 3.60. The van der Waals surface area contributed by atoms with Crippen molar-refractivity contribution in [2.75, 3.05) is 33.2 Å². The average Bonchev–Trinajstić information content (AvgIpc) is 2.05. The van der Waals surface area contributed by atoms with Crippen molar-refractivity contribution in [3.63, 3.8) is 0 Å². The van der Waals surface area contributed by atoms with Gasteiger partial charge in [-0.25, -0.2) is 0 Å². The predicted molar refractivity (Wildman–Crippen MR) is 58.7 cm³/mol. The van der Waals surface area contributed by atoms with E-state index in [4.69, 9.17) is 6.42 Å². The highest BCUT2D eigenvalue weighted by Crippen LogP contribution is 1.99. The van der Waals surface area contributed by atoms with E-state index in [9.17, 15) is 0 Å². The van der Waals surface area contributed by atoms with Gasteiger partial charge in [0, 0.05) is 6.54 Å². The number of terminal acetylenes is 1. The van der Waals surface area contributed by atoms with Gasteiger partial charge in [0.25, 0.3) is 0 Å². The Kier molecular flexibility index (Phi) is 7.77. The van der Waals surface area contributed by atoms with E-state index in [1.165, 1.54) is 6.42 Å². The Labute approximate surface area is 82.7 Å². The molecular weight excluding hydrogens is 160 g/mol. The summed E-state index contributed by atoms with van der Waals surface area (Å²) >= 11 is 0. The molecule has 0 aromatic heterocycles. The highest BCUT2D eigenvalue weighted by Gasteiger charge is 2.07. The molecule has 0 spiro atoms. The Morgan fingerprint density at radius 1 is 1.54 bits per heavy atom. The highest BCUT2D eigenvalue weighted by atomic mass is 15.1. The second-order valence-electron chi connectivity index (χ2n) is 3.60. The smallest absolute Gasteiger partial charge is 0.0599 e. The highest BCUT2D eigenvalue weighted by molar-refractivity contribution is 4.88. The Bertz CT molecular complexity index is 149. The molecule has 0 saturated heterocycles. The fraction of sp³-hybridized carbons (Fsp3) is 0.818. The third-order valence-electron chi connectivity index (χ3n) is 1.98. The third-order valence-corrected chi connectivity index (χ3v) is 1.98. The first-order valence-electron chi connectivity index (χ1n) is 5.05. The number of nitrogens with one attached hydrogen (secondary N) is 1. The van der Waals surface area contributed by atoms with E-state index in [1.807, 2.05) is 7.05 Å². The van der Waals surface area contributed by atoms with Crippen LogP contribution in [0.2, 0.25) is 0 Å². The molecule has 0 rings (SSSR count). The molecule has 0 heterocycles. The maximum atomic E-state index is 5.30. The molecule has 1 N–H and O–H groups in total. The van der Waals surface area contributed by atoms with Crippen LogP contribution in [0.15, 0.2) is 0 Å². The van der Waals surface area contributed by atoms with Gasteiger partial charge in [-0.2, -0.15) is 0 Å². The Balaban J connectivity index is 3.73. The van der Waals surface area contributed by atoms with Crippen molar-refractivity contribution in [2.24, 2.45) is 5.92 Å². The van der Waals surface area contributed by atoms with Crippen molar-refractivity contribution < 1.29 is 0 Å². The lowest BCUT2D eigenvalue weighted by molar-refractivity contribution is 0.262. The van der Waals surface area contributed by atoms with Crippen LogP contribution in [0.1, 0.15) is 20.3 Å². The molecule has 0 aliphatic rings. The van der Waals surface area contributed by atoms with E-state index < -0.39 is 0 Å². The lowest BCUT2D eigenvalue weighted by Gasteiger charge is -2.22. The standard InChI is InChI=1S/C11H22N2/c1-5-7-13(8-6-2)10-11(3)9-12-4/h1,11-12H,6-10H2,2-4H3. The maximum Gasteiger partial charge on any atom is 0.0599 e. The Morgan fingerprint density at radius 3 is 2.69 bits per heavy atom. The summed E-state index contributed by atoms with van der Waals surface area (Å²) in [6, 6.07) is 0. The molecule has 1 atom stereocenters. The van der Waals surface area contributed by atoms with Crippen molar-refractivity contribution in [3.05, 3.63) is 0 Å². The van der Waals surface area contributed by atoms with Gasteiger partial charge in [-0.1, -0.05) is 19.8 Å². The SMILES string of the molecule is C#CCN(CCC)CC(C)CNC. The van der Waals surface area contributed by atoms with E-state index in [0.29, 0.717) is 5.92 Å². The summed E-state index contributed by atoms with van der Waals surface area (Å²) in [5, 5.41) is 3.18. The molecule has 13 heavy (non-hydrogen) atoms. The Morgan fingerprint density at radius 2 is 2.23 bits per heavy atom. The molecular formula is C11H22N2. The maximum absolute atomic E-state index is 5.30. The van der Waals surface area contributed by atoms with Gasteiger partial charge in [-0.15, -0.1) is 6.42 Å². The number of rotatable bonds is 7. The lowest BCUT2D eigenvalue weighted by Crippen LogP contribution is -2.33. The molecule has 0 amide bonds. The van der Waals surface area contributed by atoms with Gasteiger partial charge in [0.2, 0.25) is 0 Å². The summed E-state index contributed by atoms with van der Waals surface area (Å²) in [5.74, 6) is 3.38. The van der Waals surface area contributed by atoms with Crippen LogP contribution in [0.5, 0.6) is 0 Å². The van der Waals surface area contributed by atoms with Gasteiger partial charge < -0.3 is 5.32 Å². The molecule has 0 fully saturated rings. The first kappa shape index (κ1) is 12.5. The molecule has 0 radical (unpaired) electrons. The van der Waals surface area contributed by atoms with Crippen LogP contribution in [0, 0.1) is 18.3 Å². The van der Waals surface area contributed by atoms with Crippen molar-refractivity contribution in [1.82, 2.24) is 10.2 Å². The molecule has 76 valence electrons. The van der Waals surface area contributed by atoms with Crippen molar-refractivity contribution in [3.8, 4) is 12.3 Å². The van der Waals surface area contributed by atoms with Gasteiger partial charge >= 0.3 is 0 Å². The zero-order valence-electron chi connectivity index (χ0n) is 9.14. The molecule has 0 aromatic carbocycles. The van der Waals surface area contributed by atoms with Gasteiger partial charge in [-0.3, -0.25) is 4.90 Å². The largest absolute Gasteiger partial charge is 0.319 e. The van der Waals surface area contributed by atoms with Crippen LogP contribution in [0.3, 0.4) is 0 Å². The minimum atomic E-state index is 0.671. The topological polar surface area (TPSA) is 15.3 Å². The van der Waals surface area contributed by atoms with Crippen molar-refractivity contribution in [1.29, 1.82) is 0 Å². The fourth-order valence-electron chi connectivity index (χ4n) is 1.53. The Hall–Kier alpha value is -0.520.